The van der Waals surface area contributed by atoms with Crippen molar-refractivity contribution in [2.75, 3.05) is 37.6 Å². The Kier molecular flexibility index (Phi) is 6.76. The van der Waals surface area contributed by atoms with Crippen molar-refractivity contribution in [3.8, 4) is 0 Å². The molecule has 27 heavy (non-hydrogen) atoms. The molecule has 1 aromatic heterocycles. The van der Waals surface area contributed by atoms with Crippen molar-refractivity contribution in [1.82, 2.24) is 15.3 Å². The molecule has 0 aliphatic carbocycles. The maximum Gasteiger partial charge on any atom is 0.278 e. The van der Waals surface area contributed by atoms with Crippen LogP contribution >= 0.6 is 0 Å². The summed E-state index contributed by atoms with van der Waals surface area (Å²) in [4.78, 5) is 24.8. The van der Waals surface area contributed by atoms with Crippen LogP contribution in [0.15, 0.2) is 48.8 Å². The molecular weight excluding hydrogens is 338 g/mol. The van der Waals surface area contributed by atoms with Crippen LogP contribution in [0.2, 0.25) is 0 Å². The van der Waals surface area contributed by atoms with E-state index in [1.165, 1.54) is 10.5 Å². The van der Waals surface area contributed by atoms with Gasteiger partial charge in [0.15, 0.2) is 6.04 Å². The summed E-state index contributed by atoms with van der Waals surface area (Å²) in [6, 6.07) is 12.2. The van der Waals surface area contributed by atoms with Crippen LogP contribution < -0.4 is 15.1 Å². The van der Waals surface area contributed by atoms with Crippen molar-refractivity contribution < 1.29 is 9.69 Å². The number of amides is 1. The predicted molar refractivity (Wildman–Crippen MR) is 107 cm³/mol. The van der Waals surface area contributed by atoms with Gasteiger partial charge in [-0.25, -0.2) is 9.97 Å². The van der Waals surface area contributed by atoms with E-state index in [4.69, 9.17) is 0 Å². The van der Waals surface area contributed by atoms with Crippen molar-refractivity contribution in [2.45, 2.75) is 32.2 Å². The minimum atomic E-state index is -0.0443. The predicted octanol–water partition coefficient (Wildman–Crippen LogP) is 0.880. The highest BCUT2D eigenvalue weighted by atomic mass is 16.2. The molecule has 1 fully saturated rings. The number of anilines is 1. The number of quaternary nitrogens is 1. The standard InChI is InChI=1S/C21H29N5O/c1-3-18(19-8-5-4-6-9-19)16-24-20(27)17(2)25-12-14-26(15-13-25)21-22-10-7-11-23-21/h4-11,17-18H,3,12-16H2,1-2H3,(H,24,27)/p+1/t17-,18+/m1/s1. The highest BCUT2D eigenvalue weighted by Gasteiger charge is 2.30. The molecule has 2 heterocycles. The molecule has 1 aromatic carbocycles. The Morgan fingerprint density at radius 3 is 2.44 bits per heavy atom. The molecule has 2 aromatic rings. The van der Waals surface area contributed by atoms with Crippen LogP contribution in [0.25, 0.3) is 0 Å². The fourth-order valence-electron chi connectivity index (χ4n) is 3.67. The molecule has 0 unspecified atom stereocenters. The molecule has 0 saturated carbocycles. The first-order chi connectivity index (χ1) is 13.2. The highest BCUT2D eigenvalue weighted by molar-refractivity contribution is 5.80. The minimum Gasteiger partial charge on any atom is -0.350 e. The van der Waals surface area contributed by atoms with E-state index in [-0.39, 0.29) is 11.9 Å². The topological polar surface area (TPSA) is 62.6 Å². The van der Waals surface area contributed by atoms with E-state index in [1.807, 2.05) is 19.1 Å². The third kappa shape index (κ3) is 5.04. The van der Waals surface area contributed by atoms with Crippen molar-refractivity contribution in [3.05, 3.63) is 54.4 Å². The number of piperazine rings is 1. The molecule has 6 nitrogen and oxygen atoms in total. The minimum absolute atomic E-state index is 0.0443. The lowest BCUT2D eigenvalue weighted by atomic mass is 9.96. The Bertz CT molecular complexity index is 701. The SMILES string of the molecule is CC[C@@H](CNC(=O)[C@@H](C)[NH+]1CCN(c2ncccn2)CC1)c1ccccc1. The number of nitrogens with one attached hydrogen (secondary N) is 2. The number of nitrogens with zero attached hydrogens (tertiary/aromatic N) is 3. The first kappa shape index (κ1) is 19.3. The van der Waals surface area contributed by atoms with Crippen LogP contribution in [0, 0.1) is 0 Å². The van der Waals surface area contributed by atoms with Crippen molar-refractivity contribution in [2.24, 2.45) is 0 Å². The van der Waals surface area contributed by atoms with Gasteiger partial charge >= 0.3 is 0 Å². The number of hydrogen-bond acceptors (Lipinski definition) is 4. The summed E-state index contributed by atoms with van der Waals surface area (Å²) in [7, 11) is 0. The molecule has 0 spiro atoms. The second-order valence-electron chi connectivity index (χ2n) is 7.18. The summed E-state index contributed by atoms with van der Waals surface area (Å²) in [5.41, 5.74) is 1.29. The average Bonchev–Trinajstić information content (AvgIpc) is 2.75. The van der Waals surface area contributed by atoms with E-state index in [0.29, 0.717) is 12.5 Å². The van der Waals surface area contributed by atoms with Gasteiger partial charge in [0.1, 0.15) is 0 Å². The van der Waals surface area contributed by atoms with E-state index in [2.05, 4.69) is 51.4 Å². The number of rotatable bonds is 7. The first-order valence-electron chi connectivity index (χ1n) is 9.88. The first-order valence-corrected chi connectivity index (χ1v) is 9.88. The van der Waals surface area contributed by atoms with E-state index >= 15 is 0 Å². The second kappa shape index (κ2) is 9.46. The van der Waals surface area contributed by atoms with E-state index in [1.54, 1.807) is 12.4 Å². The summed E-state index contributed by atoms with van der Waals surface area (Å²) in [6.07, 6.45) is 4.56. The van der Waals surface area contributed by atoms with E-state index in [0.717, 1.165) is 38.5 Å². The molecule has 2 atom stereocenters. The van der Waals surface area contributed by atoms with Gasteiger partial charge in [-0.2, -0.15) is 0 Å². The number of carbonyl (C=O) groups excluding carboxylic acids is 1. The van der Waals surface area contributed by atoms with E-state index < -0.39 is 0 Å². The zero-order valence-corrected chi connectivity index (χ0v) is 16.3. The lowest BCUT2D eigenvalue weighted by Crippen LogP contribution is -3.19. The van der Waals surface area contributed by atoms with Gasteiger partial charge in [-0.1, -0.05) is 37.3 Å². The van der Waals surface area contributed by atoms with Crippen LogP contribution in [0.4, 0.5) is 5.95 Å². The molecular formula is C21H30N5O+. The molecule has 2 N–H and O–H groups in total. The average molecular weight is 369 g/mol. The number of carbonyl (C=O) groups is 1. The van der Waals surface area contributed by atoms with Gasteiger partial charge in [0.2, 0.25) is 5.95 Å². The summed E-state index contributed by atoms with van der Waals surface area (Å²) in [5.74, 6) is 1.29. The fraction of sp³-hybridized carbons (Fsp3) is 0.476. The van der Waals surface area contributed by atoms with Gasteiger partial charge in [0.25, 0.3) is 5.91 Å². The largest absolute Gasteiger partial charge is 0.350 e. The van der Waals surface area contributed by atoms with Gasteiger partial charge in [-0.05, 0) is 25.0 Å². The van der Waals surface area contributed by atoms with Gasteiger partial charge < -0.3 is 15.1 Å². The second-order valence-corrected chi connectivity index (χ2v) is 7.18. The monoisotopic (exact) mass is 368 g/mol. The molecule has 1 aliphatic rings. The molecule has 3 rings (SSSR count). The third-order valence-electron chi connectivity index (χ3n) is 5.53. The summed E-state index contributed by atoms with van der Waals surface area (Å²) >= 11 is 0. The van der Waals surface area contributed by atoms with Crippen molar-refractivity contribution >= 4 is 11.9 Å². The number of aromatic nitrogens is 2. The van der Waals surface area contributed by atoms with Crippen LogP contribution in [0.3, 0.4) is 0 Å². The normalized spacial score (nSPS) is 17.3. The van der Waals surface area contributed by atoms with Crippen LogP contribution in [0.5, 0.6) is 0 Å². The molecule has 1 saturated heterocycles. The Hall–Kier alpha value is -2.47. The van der Waals surface area contributed by atoms with Crippen molar-refractivity contribution in [3.63, 3.8) is 0 Å². The van der Waals surface area contributed by atoms with Crippen LogP contribution in [-0.4, -0.2) is 54.6 Å². The highest BCUT2D eigenvalue weighted by Crippen LogP contribution is 2.17. The van der Waals surface area contributed by atoms with Gasteiger partial charge in [-0.3, -0.25) is 4.79 Å². The zero-order chi connectivity index (χ0) is 19.1. The summed E-state index contributed by atoms with van der Waals surface area (Å²) in [6.45, 7) is 8.48. The molecule has 0 bridgehead atoms. The zero-order valence-electron chi connectivity index (χ0n) is 16.3. The quantitative estimate of drug-likeness (QED) is 0.762. The Morgan fingerprint density at radius 1 is 1.15 bits per heavy atom. The smallest absolute Gasteiger partial charge is 0.278 e. The van der Waals surface area contributed by atoms with E-state index in [9.17, 15) is 4.79 Å². The lowest BCUT2D eigenvalue weighted by Gasteiger charge is -2.34. The Balaban J connectivity index is 1.48. The van der Waals surface area contributed by atoms with Gasteiger partial charge in [-0.15, -0.1) is 0 Å². The van der Waals surface area contributed by atoms with Crippen LogP contribution in [0.1, 0.15) is 31.7 Å². The molecule has 0 radical (unpaired) electrons. The fourth-order valence-corrected chi connectivity index (χ4v) is 3.67. The molecule has 144 valence electrons. The van der Waals surface area contributed by atoms with Crippen LogP contribution in [-0.2, 0) is 4.79 Å². The Labute approximate surface area is 161 Å². The molecule has 1 amide bonds. The van der Waals surface area contributed by atoms with Gasteiger partial charge in [0.05, 0.1) is 26.2 Å². The lowest BCUT2D eigenvalue weighted by molar-refractivity contribution is -0.914. The Morgan fingerprint density at radius 2 is 1.81 bits per heavy atom. The maximum atomic E-state index is 12.7. The maximum absolute atomic E-state index is 12.7. The number of benzene rings is 1. The number of hydrogen-bond donors (Lipinski definition) is 2. The molecule has 1 aliphatic heterocycles. The van der Waals surface area contributed by atoms with Crippen molar-refractivity contribution in [1.29, 1.82) is 0 Å². The molecule has 6 heteroatoms. The summed E-state index contributed by atoms with van der Waals surface area (Å²) < 4.78 is 0. The van der Waals surface area contributed by atoms with Gasteiger partial charge in [0, 0.05) is 24.9 Å². The summed E-state index contributed by atoms with van der Waals surface area (Å²) in [5, 5.41) is 3.17. The third-order valence-corrected chi connectivity index (χ3v) is 5.53.